The summed E-state index contributed by atoms with van der Waals surface area (Å²) in [5.41, 5.74) is 0. The summed E-state index contributed by atoms with van der Waals surface area (Å²) in [7, 11) is 4.18. The SMILES string of the molecule is CCCCn1c(Cl)cnc1CCC(=O)N1CCC[C@H](N(C)C)C1. The van der Waals surface area contributed by atoms with E-state index in [0.717, 1.165) is 44.7 Å². The summed E-state index contributed by atoms with van der Waals surface area (Å²) in [6.07, 6.45) is 7.33. The van der Waals surface area contributed by atoms with Crippen LogP contribution in [0, 0.1) is 0 Å². The van der Waals surface area contributed by atoms with E-state index >= 15 is 0 Å². The molecule has 1 amide bonds. The quantitative estimate of drug-likeness (QED) is 0.766. The number of aromatic nitrogens is 2. The first kappa shape index (κ1) is 18.3. The second-order valence-corrected chi connectivity index (χ2v) is 6.99. The highest BCUT2D eigenvalue weighted by atomic mass is 35.5. The maximum Gasteiger partial charge on any atom is 0.223 e. The van der Waals surface area contributed by atoms with Crippen LogP contribution in [0.2, 0.25) is 5.15 Å². The van der Waals surface area contributed by atoms with Gasteiger partial charge in [0, 0.05) is 38.5 Å². The van der Waals surface area contributed by atoms with Crippen molar-refractivity contribution in [1.82, 2.24) is 19.4 Å². The number of carbonyl (C=O) groups is 1. The smallest absolute Gasteiger partial charge is 0.223 e. The van der Waals surface area contributed by atoms with E-state index < -0.39 is 0 Å². The van der Waals surface area contributed by atoms with Gasteiger partial charge in [0.05, 0.1) is 6.20 Å². The van der Waals surface area contributed by atoms with Crippen molar-refractivity contribution in [2.24, 2.45) is 0 Å². The van der Waals surface area contributed by atoms with Crippen LogP contribution in [0.1, 0.15) is 44.9 Å². The molecule has 23 heavy (non-hydrogen) atoms. The summed E-state index contributed by atoms with van der Waals surface area (Å²) >= 11 is 6.20. The molecule has 2 rings (SSSR count). The lowest BCUT2D eigenvalue weighted by molar-refractivity contribution is -0.133. The Kier molecular flexibility index (Phi) is 6.90. The van der Waals surface area contributed by atoms with Crippen molar-refractivity contribution in [2.75, 3.05) is 27.2 Å². The molecule has 0 saturated carbocycles. The van der Waals surface area contributed by atoms with Gasteiger partial charge in [-0.2, -0.15) is 0 Å². The minimum Gasteiger partial charge on any atom is -0.341 e. The summed E-state index contributed by atoms with van der Waals surface area (Å²) in [6.45, 7) is 4.77. The molecule has 1 aliphatic heterocycles. The number of piperidine rings is 1. The number of likely N-dealkylation sites (N-methyl/N-ethyl adjacent to an activating group) is 1. The molecular formula is C17H29ClN4O. The van der Waals surface area contributed by atoms with Gasteiger partial charge in [0.25, 0.3) is 0 Å². The Balaban J connectivity index is 1.89. The average molecular weight is 341 g/mol. The van der Waals surface area contributed by atoms with E-state index in [1.807, 2.05) is 9.47 Å². The van der Waals surface area contributed by atoms with Gasteiger partial charge < -0.3 is 14.4 Å². The first-order chi connectivity index (χ1) is 11.0. The highest BCUT2D eigenvalue weighted by molar-refractivity contribution is 6.29. The number of amides is 1. The third kappa shape index (κ3) is 4.95. The standard InChI is InChI=1S/C17H29ClN4O/c1-4-5-11-22-15(18)12-19-16(22)8-9-17(23)21-10-6-7-14(13-21)20(2)3/h12,14H,4-11,13H2,1-3H3/t14-/m0/s1. The van der Waals surface area contributed by atoms with Crippen molar-refractivity contribution in [3.8, 4) is 0 Å². The second kappa shape index (κ2) is 8.69. The highest BCUT2D eigenvalue weighted by Crippen LogP contribution is 2.17. The Bertz CT molecular complexity index is 515. The van der Waals surface area contributed by atoms with E-state index in [1.54, 1.807) is 6.20 Å². The van der Waals surface area contributed by atoms with E-state index in [-0.39, 0.29) is 5.91 Å². The van der Waals surface area contributed by atoms with Gasteiger partial charge in [-0.05, 0) is 33.4 Å². The molecule has 0 radical (unpaired) electrons. The zero-order valence-electron chi connectivity index (χ0n) is 14.6. The number of imidazole rings is 1. The molecule has 1 aromatic heterocycles. The van der Waals surface area contributed by atoms with E-state index in [2.05, 4.69) is 30.9 Å². The van der Waals surface area contributed by atoms with Gasteiger partial charge >= 0.3 is 0 Å². The van der Waals surface area contributed by atoms with Crippen molar-refractivity contribution in [3.05, 3.63) is 17.2 Å². The first-order valence-electron chi connectivity index (χ1n) is 8.67. The zero-order chi connectivity index (χ0) is 16.8. The molecule has 1 atom stereocenters. The summed E-state index contributed by atoms with van der Waals surface area (Å²) in [5.74, 6) is 1.16. The van der Waals surface area contributed by atoms with E-state index in [1.165, 1.54) is 6.42 Å². The van der Waals surface area contributed by atoms with Crippen molar-refractivity contribution < 1.29 is 4.79 Å². The number of carbonyl (C=O) groups excluding carboxylic acids is 1. The molecule has 0 spiro atoms. The number of hydrogen-bond acceptors (Lipinski definition) is 3. The van der Waals surface area contributed by atoms with Crippen molar-refractivity contribution >= 4 is 17.5 Å². The van der Waals surface area contributed by atoms with Crippen molar-refractivity contribution in [2.45, 2.75) is 58.0 Å². The largest absolute Gasteiger partial charge is 0.341 e. The third-order valence-corrected chi connectivity index (χ3v) is 4.97. The average Bonchev–Trinajstić information content (AvgIpc) is 2.90. The van der Waals surface area contributed by atoms with Gasteiger partial charge in [-0.25, -0.2) is 4.98 Å². The molecule has 1 aromatic rings. The topological polar surface area (TPSA) is 41.4 Å². The van der Waals surface area contributed by atoms with E-state index in [0.29, 0.717) is 24.0 Å². The monoisotopic (exact) mass is 340 g/mol. The summed E-state index contributed by atoms with van der Waals surface area (Å²) in [6, 6.07) is 0.480. The molecule has 1 fully saturated rings. The van der Waals surface area contributed by atoms with Crippen LogP contribution in [-0.2, 0) is 17.8 Å². The molecule has 2 heterocycles. The van der Waals surface area contributed by atoms with Crippen LogP contribution < -0.4 is 0 Å². The predicted molar refractivity (Wildman–Crippen MR) is 93.8 cm³/mol. The minimum atomic E-state index is 0.234. The molecule has 0 aromatic carbocycles. The van der Waals surface area contributed by atoms with Crippen molar-refractivity contribution in [1.29, 1.82) is 0 Å². The molecule has 130 valence electrons. The van der Waals surface area contributed by atoms with E-state index in [4.69, 9.17) is 11.6 Å². The fraction of sp³-hybridized carbons (Fsp3) is 0.765. The molecule has 1 aliphatic rings. The summed E-state index contributed by atoms with van der Waals surface area (Å²) in [4.78, 5) is 21.1. The number of aryl methyl sites for hydroxylation is 1. The zero-order valence-corrected chi connectivity index (χ0v) is 15.3. The molecule has 6 heteroatoms. The van der Waals surface area contributed by atoms with Crippen LogP contribution in [0.4, 0.5) is 0 Å². The minimum absolute atomic E-state index is 0.234. The van der Waals surface area contributed by atoms with Gasteiger partial charge in [0.2, 0.25) is 5.91 Å². The lowest BCUT2D eigenvalue weighted by atomic mass is 10.0. The lowest BCUT2D eigenvalue weighted by Gasteiger charge is -2.36. The Labute approximate surface area is 144 Å². The molecule has 1 saturated heterocycles. The van der Waals surface area contributed by atoms with Crippen LogP contribution in [-0.4, -0.2) is 58.5 Å². The molecule has 0 N–H and O–H groups in total. The maximum atomic E-state index is 12.5. The molecule has 0 aliphatic carbocycles. The molecular weight excluding hydrogens is 312 g/mol. The van der Waals surface area contributed by atoms with Crippen LogP contribution in [0.15, 0.2) is 6.20 Å². The fourth-order valence-electron chi connectivity index (χ4n) is 3.12. The molecule has 0 bridgehead atoms. The summed E-state index contributed by atoms with van der Waals surface area (Å²) < 4.78 is 2.04. The Hall–Kier alpha value is -1.07. The van der Waals surface area contributed by atoms with Gasteiger partial charge in [-0.3, -0.25) is 4.79 Å². The Morgan fingerprint density at radius 3 is 2.96 bits per heavy atom. The number of likely N-dealkylation sites (tertiary alicyclic amines) is 1. The predicted octanol–water partition coefficient (Wildman–Crippen LogP) is 2.82. The number of nitrogens with zero attached hydrogens (tertiary/aromatic N) is 4. The highest BCUT2D eigenvalue weighted by Gasteiger charge is 2.24. The number of rotatable bonds is 7. The number of halogens is 1. The van der Waals surface area contributed by atoms with Crippen LogP contribution in [0.3, 0.4) is 0 Å². The van der Waals surface area contributed by atoms with Gasteiger partial charge in [-0.1, -0.05) is 24.9 Å². The van der Waals surface area contributed by atoms with Crippen LogP contribution in [0.5, 0.6) is 0 Å². The summed E-state index contributed by atoms with van der Waals surface area (Å²) in [5, 5.41) is 0.673. The maximum absolute atomic E-state index is 12.5. The lowest BCUT2D eigenvalue weighted by Crippen LogP contribution is -2.47. The van der Waals surface area contributed by atoms with Crippen LogP contribution >= 0.6 is 11.6 Å². The Morgan fingerprint density at radius 2 is 2.26 bits per heavy atom. The number of unbranched alkanes of at least 4 members (excludes halogenated alkanes) is 1. The normalized spacial score (nSPS) is 18.7. The van der Waals surface area contributed by atoms with Gasteiger partial charge in [0.1, 0.15) is 11.0 Å². The van der Waals surface area contributed by atoms with Gasteiger partial charge in [0.15, 0.2) is 0 Å². The molecule has 0 unspecified atom stereocenters. The first-order valence-corrected chi connectivity index (χ1v) is 9.04. The second-order valence-electron chi connectivity index (χ2n) is 6.60. The van der Waals surface area contributed by atoms with Crippen molar-refractivity contribution in [3.63, 3.8) is 0 Å². The van der Waals surface area contributed by atoms with Crippen LogP contribution in [0.25, 0.3) is 0 Å². The third-order valence-electron chi connectivity index (χ3n) is 4.67. The Morgan fingerprint density at radius 1 is 1.48 bits per heavy atom. The number of hydrogen-bond donors (Lipinski definition) is 0. The van der Waals surface area contributed by atoms with Gasteiger partial charge in [-0.15, -0.1) is 0 Å². The van der Waals surface area contributed by atoms with E-state index in [9.17, 15) is 4.79 Å². The fourth-order valence-corrected chi connectivity index (χ4v) is 3.35. The molecule has 5 nitrogen and oxygen atoms in total.